The van der Waals surface area contributed by atoms with E-state index in [-0.39, 0.29) is 5.91 Å². The van der Waals surface area contributed by atoms with E-state index in [2.05, 4.69) is 4.90 Å². The topological polar surface area (TPSA) is 72.4 Å². The van der Waals surface area contributed by atoms with Gasteiger partial charge in [0, 0.05) is 18.8 Å². The summed E-state index contributed by atoms with van der Waals surface area (Å²) in [6, 6.07) is 7.76. The highest BCUT2D eigenvalue weighted by Gasteiger charge is 2.24. The summed E-state index contributed by atoms with van der Waals surface area (Å²) in [5, 5.41) is 0. The number of carbonyl (C=O) groups excluding carboxylic acids is 1. The molecule has 0 aromatic heterocycles. The van der Waals surface area contributed by atoms with Crippen LogP contribution in [0.4, 0.5) is 5.69 Å². The molecule has 0 heterocycles. The zero-order valence-electron chi connectivity index (χ0n) is 9.93. The van der Waals surface area contributed by atoms with Crippen LogP contribution in [-0.4, -0.2) is 23.9 Å². The monoisotopic (exact) mass is 233 g/mol. The Morgan fingerprint density at radius 2 is 1.94 bits per heavy atom. The first kappa shape index (κ1) is 11.9. The molecule has 92 valence electrons. The highest BCUT2D eigenvalue weighted by molar-refractivity contribution is 5.75. The van der Waals surface area contributed by atoms with Gasteiger partial charge in [-0.25, -0.2) is 0 Å². The molecule has 0 bridgehead atoms. The van der Waals surface area contributed by atoms with Gasteiger partial charge < -0.3 is 11.5 Å². The molecule has 4 nitrogen and oxygen atoms in total. The number of primary amides is 1. The summed E-state index contributed by atoms with van der Waals surface area (Å²) in [5.74, 6) is 0.490. The highest BCUT2D eigenvalue weighted by Crippen LogP contribution is 2.30. The number of benzene rings is 1. The largest absolute Gasteiger partial charge is 0.399 e. The van der Waals surface area contributed by atoms with Crippen LogP contribution in [0.25, 0.3) is 0 Å². The summed E-state index contributed by atoms with van der Waals surface area (Å²) < 4.78 is 0. The van der Waals surface area contributed by atoms with Crippen LogP contribution in [0, 0.1) is 5.92 Å². The fraction of sp³-hybridized carbons (Fsp3) is 0.462. The van der Waals surface area contributed by atoms with Crippen LogP contribution in [-0.2, 0) is 11.3 Å². The van der Waals surface area contributed by atoms with Crippen molar-refractivity contribution in [3.8, 4) is 0 Å². The van der Waals surface area contributed by atoms with Gasteiger partial charge in [-0.3, -0.25) is 9.69 Å². The molecule has 1 aliphatic carbocycles. The van der Waals surface area contributed by atoms with E-state index in [0.29, 0.717) is 6.54 Å². The molecule has 4 N–H and O–H groups in total. The lowest BCUT2D eigenvalue weighted by Gasteiger charge is -2.20. The average molecular weight is 233 g/mol. The van der Waals surface area contributed by atoms with Gasteiger partial charge in [0.15, 0.2) is 0 Å². The minimum Gasteiger partial charge on any atom is -0.399 e. The zero-order chi connectivity index (χ0) is 12.3. The van der Waals surface area contributed by atoms with E-state index in [1.165, 1.54) is 18.4 Å². The van der Waals surface area contributed by atoms with E-state index in [0.717, 1.165) is 24.7 Å². The van der Waals surface area contributed by atoms with Crippen molar-refractivity contribution in [3.63, 3.8) is 0 Å². The van der Waals surface area contributed by atoms with Crippen LogP contribution < -0.4 is 11.5 Å². The Bertz CT molecular complexity index is 384. The third-order valence-corrected chi connectivity index (χ3v) is 2.98. The Morgan fingerprint density at radius 1 is 1.29 bits per heavy atom. The van der Waals surface area contributed by atoms with Gasteiger partial charge >= 0.3 is 0 Å². The molecular formula is C13H19N3O. The van der Waals surface area contributed by atoms with Crippen LogP contribution in [0.3, 0.4) is 0 Å². The molecule has 0 atom stereocenters. The van der Waals surface area contributed by atoms with Crippen molar-refractivity contribution in [2.45, 2.75) is 19.4 Å². The Kier molecular flexibility index (Phi) is 3.64. The van der Waals surface area contributed by atoms with E-state index in [1.807, 2.05) is 24.3 Å². The number of hydrogen-bond acceptors (Lipinski definition) is 3. The lowest BCUT2D eigenvalue weighted by atomic mass is 10.2. The molecule has 2 rings (SSSR count). The minimum absolute atomic E-state index is 0.263. The van der Waals surface area contributed by atoms with Gasteiger partial charge in [-0.1, -0.05) is 12.1 Å². The predicted molar refractivity (Wildman–Crippen MR) is 68.0 cm³/mol. The smallest absolute Gasteiger partial charge is 0.231 e. The van der Waals surface area contributed by atoms with Crippen molar-refractivity contribution >= 4 is 11.6 Å². The molecule has 1 aliphatic rings. The molecule has 1 aromatic rings. The summed E-state index contributed by atoms with van der Waals surface area (Å²) in [7, 11) is 0. The van der Waals surface area contributed by atoms with Crippen molar-refractivity contribution in [3.05, 3.63) is 29.8 Å². The maximum atomic E-state index is 11.0. The van der Waals surface area contributed by atoms with Gasteiger partial charge in [-0.2, -0.15) is 0 Å². The first-order valence-corrected chi connectivity index (χ1v) is 5.98. The van der Waals surface area contributed by atoms with Crippen molar-refractivity contribution in [1.82, 2.24) is 4.90 Å². The fourth-order valence-electron chi connectivity index (χ4n) is 1.95. The second kappa shape index (κ2) is 5.19. The first-order chi connectivity index (χ1) is 8.13. The molecule has 0 aliphatic heterocycles. The number of rotatable bonds is 6. The van der Waals surface area contributed by atoms with E-state index in [1.54, 1.807) is 0 Å². The summed E-state index contributed by atoms with van der Waals surface area (Å²) >= 11 is 0. The molecule has 1 aromatic carbocycles. The molecule has 4 heteroatoms. The predicted octanol–water partition coefficient (Wildman–Crippen LogP) is 0.966. The summed E-state index contributed by atoms with van der Waals surface area (Å²) in [6.45, 7) is 2.06. The average Bonchev–Trinajstić information content (AvgIpc) is 3.04. The van der Waals surface area contributed by atoms with E-state index < -0.39 is 0 Å². The second-order valence-electron chi connectivity index (χ2n) is 4.82. The molecule has 0 radical (unpaired) electrons. The summed E-state index contributed by atoms with van der Waals surface area (Å²) in [5.41, 5.74) is 12.8. The quantitative estimate of drug-likeness (QED) is 0.719. The van der Waals surface area contributed by atoms with E-state index in [4.69, 9.17) is 11.5 Å². The van der Waals surface area contributed by atoms with Gasteiger partial charge in [0.25, 0.3) is 0 Å². The molecule has 0 saturated heterocycles. The zero-order valence-corrected chi connectivity index (χ0v) is 9.93. The van der Waals surface area contributed by atoms with Crippen LogP contribution in [0.2, 0.25) is 0 Å². The standard InChI is InChI=1S/C13H19N3O/c14-12-5-3-11(4-6-12)8-16(9-13(15)17)7-10-1-2-10/h3-6,10H,1-2,7-9,14H2,(H2,15,17). The van der Waals surface area contributed by atoms with E-state index in [9.17, 15) is 4.79 Å². The SMILES string of the molecule is NC(=O)CN(Cc1ccc(N)cc1)CC1CC1. The van der Waals surface area contributed by atoms with Gasteiger partial charge in [0.1, 0.15) is 0 Å². The third kappa shape index (κ3) is 4.07. The van der Waals surface area contributed by atoms with Crippen molar-refractivity contribution in [1.29, 1.82) is 0 Å². The number of amides is 1. The first-order valence-electron chi connectivity index (χ1n) is 5.98. The number of nitrogen functional groups attached to an aromatic ring is 1. The van der Waals surface area contributed by atoms with Crippen molar-refractivity contribution in [2.75, 3.05) is 18.8 Å². The molecular weight excluding hydrogens is 214 g/mol. The lowest BCUT2D eigenvalue weighted by molar-refractivity contribution is -0.119. The molecule has 1 amide bonds. The number of nitrogens with zero attached hydrogens (tertiary/aromatic N) is 1. The fourth-order valence-corrected chi connectivity index (χ4v) is 1.95. The molecule has 0 spiro atoms. The Labute approximate surface area is 102 Å². The number of hydrogen-bond donors (Lipinski definition) is 2. The third-order valence-electron chi connectivity index (χ3n) is 2.98. The van der Waals surface area contributed by atoms with Crippen LogP contribution in [0.1, 0.15) is 18.4 Å². The Balaban J connectivity index is 1.94. The lowest BCUT2D eigenvalue weighted by Crippen LogP contribution is -2.34. The van der Waals surface area contributed by atoms with Crippen LogP contribution >= 0.6 is 0 Å². The number of nitrogens with two attached hydrogens (primary N) is 2. The molecule has 1 fully saturated rings. The Morgan fingerprint density at radius 3 is 2.47 bits per heavy atom. The maximum Gasteiger partial charge on any atom is 0.231 e. The number of anilines is 1. The maximum absolute atomic E-state index is 11.0. The van der Waals surface area contributed by atoms with Crippen molar-refractivity contribution < 1.29 is 4.79 Å². The Hall–Kier alpha value is -1.55. The highest BCUT2D eigenvalue weighted by atomic mass is 16.1. The van der Waals surface area contributed by atoms with Crippen molar-refractivity contribution in [2.24, 2.45) is 11.7 Å². The number of carbonyl (C=O) groups is 1. The van der Waals surface area contributed by atoms with Gasteiger partial charge in [0.2, 0.25) is 5.91 Å². The normalized spacial score (nSPS) is 15.1. The summed E-state index contributed by atoms with van der Waals surface area (Å²) in [6.07, 6.45) is 2.55. The summed E-state index contributed by atoms with van der Waals surface area (Å²) in [4.78, 5) is 13.1. The van der Waals surface area contributed by atoms with Crippen LogP contribution in [0.5, 0.6) is 0 Å². The second-order valence-corrected chi connectivity index (χ2v) is 4.82. The van der Waals surface area contributed by atoms with Gasteiger partial charge in [0.05, 0.1) is 6.54 Å². The molecule has 17 heavy (non-hydrogen) atoms. The molecule has 1 saturated carbocycles. The van der Waals surface area contributed by atoms with Crippen LogP contribution in [0.15, 0.2) is 24.3 Å². The van der Waals surface area contributed by atoms with E-state index >= 15 is 0 Å². The minimum atomic E-state index is -0.263. The van der Waals surface area contributed by atoms with Gasteiger partial charge in [-0.05, 0) is 36.5 Å². The molecule has 0 unspecified atom stereocenters. The van der Waals surface area contributed by atoms with Gasteiger partial charge in [-0.15, -0.1) is 0 Å².